The number of amides is 4. The van der Waals surface area contributed by atoms with E-state index in [1.54, 1.807) is 12.6 Å². The van der Waals surface area contributed by atoms with Gasteiger partial charge in [0.2, 0.25) is 17.7 Å². The maximum absolute atomic E-state index is 13.9. The Kier molecular flexibility index (Phi) is 15.2. The summed E-state index contributed by atoms with van der Waals surface area (Å²) in [6.07, 6.45) is 2.45. The van der Waals surface area contributed by atoms with Crippen molar-refractivity contribution < 1.29 is 33.9 Å². The Morgan fingerprint density at radius 3 is 1.98 bits per heavy atom. The molecular weight excluding hydrogens is 638 g/mol. The van der Waals surface area contributed by atoms with Gasteiger partial charge in [0, 0.05) is 19.5 Å². The van der Waals surface area contributed by atoms with E-state index in [4.69, 9.17) is 9.47 Å². The minimum atomic E-state index is -1.11. The molecule has 1 heterocycles. The van der Waals surface area contributed by atoms with E-state index in [9.17, 15) is 24.4 Å². The Morgan fingerprint density at radius 1 is 0.740 bits per heavy atom. The second-order valence-electron chi connectivity index (χ2n) is 12.6. The molecule has 0 bridgehead atoms. The topological polar surface area (TPSA) is 158 Å². The molecule has 0 saturated carbocycles. The van der Waals surface area contributed by atoms with E-state index in [1.165, 1.54) is 0 Å². The van der Waals surface area contributed by atoms with Crippen LogP contribution in [0.25, 0.3) is 0 Å². The Labute approximate surface area is 293 Å². The smallest absolute Gasteiger partial charge is 0.266 e. The zero-order valence-corrected chi connectivity index (χ0v) is 28.9. The quantitative estimate of drug-likeness (QED) is 0.101. The maximum atomic E-state index is 13.9. The van der Waals surface area contributed by atoms with Crippen molar-refractivity contribution in [1.29, 1.82) is 0 Å². The van der Waals surface area contributed by atoms with Crippen molar-refractivity contribution in [2.45, 2.75) is 63.6 Å². The van der Waals surface area contributed by atoms with Gasteiger partial charge < -0.3 is 25.4 Å². The number of aryl methyl sites for hydroxylation is 3. The lowest BCUT2D eigenvalue weighted by Crippen LogP contribution is -2.57. The van der Waals surface area contributed by atoms with Crippen molar-refractivity contribution in [1.82, 2.24) is 26.3 Å². The summed E-state index contributed by atoms with van der Waals surface area (Å²) in [5, 5.41) is 18.0. The van der Waals surface area contributed by atoms with Crippen LogP contribution in [0.4, 0.5) is 0 Å². The van der Waals surface area contributed by atoms with Gasteiger partial charge in [-0.15, -0.1) is 0 Å². The minimum Gasteiger partial charge on any atom is -0.497 e. The van der Waals surface area contributed by atoms with Gasteiger partial charge in [-0.1, -0.05) is 72.3 Å². The van der Waals surface area contributed by atoms with E-state index in [1.807, 2.05) is 90.7 Å². The molecule has 0 radical (unpaired) electrons. The van der Waals surface area contributed by atoms with Gasteiger partial charge in [-0.25, -0.2) is 5.48 Å². The highest BCUT2D eigenvalue weighted by molar-refractivity contribution is 5.94. The minimum absolute atomic E-state index is 0.122. The summed E-state index contributed by atoms with van der Waals surface area (Å²) >= 11 is 0. The van der Waals surface area contributed by atoms with E-state index in [2.05, 4.69) is 16.0 Å². The summed E-state index contributed by atoms with van der Waals surface area (Å²) < 4.78 is 10.7. The Morgan fingerprint density at radius 2 is 1.34 bits per heavy atom. The van der Waals surface area contributed by atoms with Crippen molar-refractivity contribution in [3.05, 3.63) is 101 Å². The lowest BCUT2D eigenvalue weighted by molar-refractivity contribution is -0.136. The van der Waals surface area contributed by atoms with Crippen molar-refractivity contribution in [3.63, 3.8) is 0 Å². The lowest BCUT2D eigenvalue weighted by Gasteiger charge is -2.28. The zero-order chi connectivity index (χ0) is 35.7. The van der Waals surface area contributed by atoms with Crippen LogP contribution in [0.1, 0.15) is 41.5 Å². The van der Waals surface area contributed by atoms with Crippen LogP contribution in [0, 0.1) is 6.92 Å². The molecule has 4 rings (SSSR count). The summed E-state index contributed by atoms with van der Waals surface area (Å²) in [7, 11) is 1.58. The van der Waals surface area contributed by atoms with Gasteiger partial charge in [-0.2, -0.15) is 0 Å². The fourth-order valence-corrected chi connectivity index (χ4v) is 5.79. The highest BCUT2D eigenvalue weighted by Crippen LogP contribution is 2.15. The standard InChI is InChI=1S/C38H49N5O7/c1-27-11-13-30(14-12-27)25-34(38(47)42-48)41-37(46)33(20-17-29-15-18-31(49-2)19-16-29)40-36(45)32(10-6-9-28-7-4-3-5-8-28)39-35(44)26-43-21-23-50-24-22-43/h3-5,7-8,11-16,18-19,32-34,48H,6,9-10,17,20-26H2,1-2H3,(H,39,44)(H,40,45)(H,41,46)(H,42,47)/t32-,33+,34+/m0/s1. The summed E-state index contributed by atoms with van der Waals surface area (Å²) in [6, 6.07) is 21.7. The maximum Gasteiger partial charge on any atom is 0.266 e. The first-order valence-electron chi connectivity index (χ1n) is 17.1. The summed E-state index contributed by atoms with van der Waals surface area (Å²) in [5.74, 6) is -1.46. The van der Waals surface area contributed by atoms with E-state index in [-0.39, 0.29) is 25.3 Å². The van der Waals surface area contributed by atoms with Gasteiger partial charge in [0.25, 0.3) is 5.91 Å². The fraction of sp³-hybridized carbons (Fsp3) is 0.421. The second-order valence-corrected chi connectivity index (χ2v) is 12.6. The molecule has 5 N–H and O–H groups in total. The highest BCUT2D eigenvalue weighted by Gasteiger charge is 2.30. The molecule has 4 amide bonds. The number of nitrogens with one attached hydrogen (secondary N) is 4. The van der Waals surface area contributed by atoms with Crippen molar-refractivity contribution >= 4 is 23.6 Å². The number of morpholine rings is 1. The van der Waals surface area contributed by atoms with Crippen LogP contribution >= 0.6 is 0 Å². The number of ether oxygens (including phenoxy) is 2. The summed E-state index contributed by atoms with van der Waals surface area (Å²) in [4.78, 5) is 55.6. The highest BCUT2D eigenvalue weighted by atomic mass is 16.5. The number of carbonyl (C=O) groups is 4. The first kappa shape index (κ1) is 38.0. The number of benzene rings is 3. The van der Waals surface area contributed by atoms with Crippen LogP contribution in [0.3, 0.4) is 0 Å². The average molecular weight is 688 g/mol. The van der Waals surface area contributed by atoms with E-state index < -0.39 is 35.8 Å². The van der Waals surface area contributed by atoms with Crippen molar-refractivity contribution in [3.8, 4) is 5.75 Å². The van der Waals surface area contributed by atoms with E-state index in [0.29, 0.717) is 57.7 Å². The molecule has 12 heteroatoms. The van der Waals surface area contributed by atoms with Gasteiger partial charge in [-0.05, 0) is 67.9 Å². The molecule has 3 atom stereocenters. The SMILES string of the molecule is COc1ccc(CC[C@@H](NC(=O)[C@H](CCCc2ccccc2)NC(=O)CN2CCOCC2)C(=O)N[C@H](Cc2ccc(C)cc2)C(=O)NO)cc1. The van der Waals surface area contributed by atoms with Crippen LogP contribution < -0.4 is 26.2 Å². The van der Waals surface area contributed by atoms with Gasteiger partial charge in [0.05, 0.1) is 26.9 Å². The number of hydrogen-bond donors (Lipinski definition) is 5. The van der Waals surface area contributed by atoms with Gasteiger partial charge in [-0.3, -0.25) is 29.3 Å². The Bertz CT molecular complexity index is 1510. The predicted octanol–water partition coefficient (Wildman–Crippen LogP) is 2.49. The van der Waals surface area contributed by atoms with E-state index in [0.717, 1.165) is 22.3 Å². The molecule has 1 aliphatic rings. The third-order valence-electron chi connectivity index (χ3n) is 8.74. The molecule has 1 saturated heterocycles. The molecule has 3 aromatic rings. The van der Waals surface area contributed by atoms with Crippen molar-refractivity contribution in [2.75, 3.05) is 40.0 Å². The lowest BCUT2D eigenvalue weighted by atomic mass is 10.0. The average Bonchev–Trinajstić information content (AvgIpc) is 3.14. The third kappa shape index (κ3) is 12.6. The van der Waals surface area contributed by atoms with Crippen LogP contribution in [0.15, 0.2) is 78.9 Å². The molecule has 0 aromatic heterocycles. The van der Waals surface area contributed by atoms with Gasteiger partial charge in [0.15, 0.2) is 0 Å². The second kappa shape index (κ2) is 20.0. The largest absolute Gasteiger partial charge is 0.497 e. The summed E-state index contributed by atoms with van der Waals surface area (Å²) in [5.41, 5.74) is 5.50. The molecule has 1 aliphatic heterocycles. The van der Waals surface area contributed by atoms with E-state index >= 15 is 0 Å². The number of rotatable bonds is 18. The molecule has 0 aliphatic carbocycles. The molecule has 268 valence electrons. The molecule has 50 heavy (non-hydrogen) atoms. The Balaban J connectivity index is 1.51. The molecule has 1 fully saturated rings. The normalized spacial score (nSPS) is 14.9. The molecular formula is C38H49N5O7. The molecule has 12 nitrogen and oxygen atoms in total. The number of methoxy groups -OCH3 is 1. The molecule has 0 unspecified atom stereocenters. The van der Waals surface area contributed by atoms with Gasteiger partial charge >= 0.3 is 0 Å². The van der Waals surface area contributed by atoms with Crippen molar-refractivity contribution in [2.24, 2.45) is 0 Å². The van der Waals surface area contributed by atoms with Crippen LogP contribution in [0.2, 0.25) is 0 Å². The monoisotopic (exact) mass is 687 g/mol. The zero-order valence-electron chi connectivity index (χ0n) is 28.9. The predicted molar refractivity (Wildman–Crippen MR) is 189 cm³/mol. The summed E-state index contributed by atoms with van der Waals surface area (Å²) in [6.45, 7) is 4.40. The van der Waals surface area contributed by atoms with Crippen LogP contribution in [-0.4, -0.2) is 91.8 Å². The molecule has 3 aromatic carbocycles. The first-order valence-corrected chi connectivity index (χ1v) is 17.1. The number of hydroxylamine groups is 1. The number of nitrogens with zero attached hydrogens (tertiary/aromatic N) is 1. The fourth-order valence-electron chi connectivity index (χ4n) is 5.79. The Hall–Kier alpha value is -4.78. The van der Waals surface area contributed by atoms with Gasteiger partial charge in [0.1, 0.15) is 23.9 Å². The number of carbonyl (C=O) groups excluding carboxylic acids is 4. The third-order valence-corrected chi connectivity index (χ3v) is 8.74. The number of hydrogen-bond acceptors (Lipinski definition) is 8. The first-order chi connectivity index (χ1) is 24.2. The van der Waals surface area contributed by atoms with Crippen LogP contribution in [0.5, 0.6) is 5.75 Å². The molecule has 0 spiro atoms. The van der Waals surface area contributed by atoms with Crippen LogP contribution in [-0.2, 0) is 43.2 Å².